The molecule has 18 heavy (non-hydrogen) atoms. The Labute approximate surface area is 110 Å². The molecule has 2 nitrogen and oxygen atoms in total. The zero-order valence-electron chi connectivity index (χ0n) is 11.7. The first-order valence-corrected chi connectivity index (χ1v) is 6.67. The average Bonchev–Trinajstić information content (AvgIpc) is 2.81. The number of hydrogen-bond donors (Lipinski definition) is 0. The lowest BCUT2D eigenvalue weighted by atomic mass is 9.88. The summed E-state index contributed by atoms with van der Waals surface area (Å²) in [7, 11) is 0. The molecule has 96 valence electrons. The first kappa shape index (κ1) is 12.9. The summed E-state index contributed by atoms with van der Waals surface area (Å²) in [5, 5.41) is 0. The standard InChI is InChI=1S/C16H22N2/c1-12(2)14-6-5-7-15(13(3)4)16(14)10-18-9-8-17-11-18/h5-9,11-13H,10H2,1-4H3. The van der Waals surface area contributed by atoms with E-state index in [1.807, 2.05) is 18.7 Å². The van der Waals surface area contributed by atoms with Gasteiger partial charge in [-0.1, -0.05) is 45.9 Å². The van der Waals surface area contributed by atoms with Gasteiger partial charge in [-0.05, 0) is 28.5 Å². The summed E-state index contributed by atoms with van der Waals surface area (Å²) in [5.41, 5.74) is 4.37. The molecule has 0 fully saturated rings. The van der Waals surface area contributed by atoms with E-state index in [1.54, 1.807) is 0 Å². The molecule has 0 saturated heterocycles. The van der Waals surface area contributed by atoms with Crippen LogP contribution in [0.4, 0.5) is 0 Å². The van der Waals surface area contributed by atoms with E-state index in [0.29, 0.717) is 11.8 Å². The predicted octanol–water partition coefficient (Wildman–Crippen LogP) is 4.18. The molecule has 0 amide bonds. The minimum absolute atomic E-state index is 0.558. The third-order valence-electron chi connectivity index (χ3n) is 3.39. The fraction of sp³-hybridized carbons (Fsp3) is 0.438. The molecule has 0 aliphatic carbocycles. The van der Waals surface area contributed by atoms with Crippen LogP contribution in [0.5, 0.6) is 0 Å². The number of aromatic nitrogens is 2. The van der Waals surface area contributed by atoms with Gasteiger partial charge in [0.2, 0.25) is 0 Å². The minimum atomic E-state index is 0.558. The molecule has 2 aromatic rings. The fourth-order valence-corrected chi connectivity index (χ4v) is 2.45. The number of nitrogens with zero attached hydrogens (tertiary/aromatic N) is 2. The van der Waals surface area contributed by atoms with Crippen LogP contribution in [0, 0.1) is 0 Å². The number of imidazole rings is 1. The summed E-state index contributed by atoms with van der Waals surface area (Å²) >= 11 is 0. The lowest BCUT2D eigenvalue weighted by Gasteiger charge is -2.19. The molecule has 0 unspecified atom stereocenters. The molecule has 0 saturated carbocycles. The maximum Gasteiger partial charge on any atom is 0.0949 e. The Hall–Kier alpha value is -1.57. The molecule has 1 aromatic carbocycles. The van der Waals surface area contributed by atoms with Gasteiger partial charge in [-0.25, -0.2) is 4.98 Å². The van der Waals surface area contributed by atoms with E-state index >= 15 is 0 Å². The van der Waals surface area contributed by atoms with Gasteiger partial charge >= 0.3 is 0 Å². The van der Waals surface area contributed by atoms with Gasteiger partial charge in [-0.2, -0.15) is 0 Å². The van der Waals surface area contributed by atoms with E-state index in [9.17, 15) is 0 Å². The highest BCUT2D eigenvalue weighted by Crippen LogP contribution is 2.28. The number of rotatable bonds is 4. The predicted molar refractivity (Wildman–Crippen MR) is 75.9 cm³/mol. The quantitative estimate of drug-likeness (QED) is 0.786. The van der Waals surface area contributed by atoms with Crippen LogP contribution >= 0.6 is 0 Å². The van der Waals surface area contributed by atoms with Crippen molar-refractivity contribution in [2.45, 2.75) is 46.1 Å². The van der Waals surface area contributed by atoms with Crippen molar-refractivity contribution in [1.82, 2.24) is 9.55 Å². The van der Waals surface area contributed by atoms with E-state index in [2.05, 4.69) is 55.4 Å². The highest BCUT2D eigenvalue weighted by Gasteiger charge is 2.13. The van der Waals surface area contributed by atoms with E-state index in [-0.39, 0.29) is 0 Å². The smallest absolute Gasteiger partial charge is 0.0949 e. The fourth-order valence-electron chi connectivity index (χ4n) is 2.45. The normalized spacial score (nSPS) is 11.4. The molecule has 0 N–H and O–H groups in total. The average molecular weight is 242 g/mol. The van der Waals surface area contributed by atoms with Crippen molar-refractivity contribution in [3.63, 3.8) is 0 Å². The highest BCUT2D eigenvalue weighted by atomic mass is 15.0. The van der Waals surface area contributed by atoms with Crippen molar-refractivity contribution < 1.29 is 0 Å². The second-order valence-corrected chi connectivity index (χ2v) is 5.46. The second kappa shape index (κ2) is 5.38. The number of hydrogen-bond acceptors (Lipinski definition) is 1. The summed E-state index contributed by atoms with van der Waals surface area (Å²) in [6.07, 6.45) is 5.76. The molecule has 2 heteroatoms. The largest absolute Gasteiger partial charge is 0.333 e. The van der Waals surface area contributed by atoms with Crippen LogP contribution < -0.4 is 0 Å². The molecule has 0 radical (unpaired) electrons. The lowest BCUT2D eigenvalue weighted by Crippen LogP contribution is -2.07. The van der Waals surface area contributed by atoms with E-state index in [0.717, 1.165) is 6.54 Å². The second-order valence-electron chi connectivity index (χ2n) is 5.46. The maximum absolute atomic E-state index is 4.13. The molecule has 0 spiro atoms. The van der Waals surface area contributed by atoms with E-state index < -0.39 is 0 Å². The van der Waals surface area contributed by atoms with Crippen molar-refractivity contribution >= 4 is 0 Å². The zero-order valence-corrected chi connectivity index (χ0v) is 11.7. The minimum Gasteiger partial charge on any atom is -0.333 e. The molecule has 1 aromatic heterocycles. The summed E-state index contributed by atoms with van der Waals surface area (Å²) in [6.45, 7) is 9.96. The zero-order chi connectivity index (χ0) is 13.1. The van der Waals surface area contributed by atoms with Gasteiger partial charge in [-0.15, -0.1) is 0 Å². The van der Waals surface area contributed by atoms with Crippen molar-refractivity contribution in [2.24, 2.45) is 0 Å². The number of benzene rings is 1. The Balaban J connectivity index is 2.46. The lowest BCUT2D eigenvalue weighted by molar-refractivity contribution is 0.733. The Morgan fingerprint density at radius 2 is 1.67 bits per heavy atom. The van der Waals surface area contributed by atoms with Gasteiger partial charge in [0.05, 0.1) is 6.33 Å². The Morgan fingerprint density at radius 1 is 1.06 bits per heavy atom. The molecule has 0 bridgehead atoms. The van der Waals surface area contributed by atoms with Crippen LogP contribution in [0.15, 0.2) is 36.9 Å². The molecule has 0 aliphatic rings. The van der Waals surface area contributed by atoms with Crippen LogP contribution in [0.1, 0.15) is 56.2 Å². The van der Waals surface area contributed by atoms with Gasteiger partial charge in [-0.3, -0.25) is 0 Å². The summed E-state index contributed by atoms with van der Waals surface area (Å²) < 4.78 is 2.15. The van der Waals surface area contributed by atoms with Crippen LogP contribution in [0.25, 0.3) is 0 Å². The maximum atomic E-state index is 4.13. The third kappa shape index (κ3) is 2.63. The first-order valence-electron chi connectivity index (χ1n) is 6.67. The molecular weight excluding hydrogens is 220 g/mol. The van der Waals surface area contributed by atoms with Crippen molar-refractivity contribution in [3.05, 3.63) is 53.6 Å². The Morgan fingerprint density at radius 3 is 2.11 bits per heavy atom. The molecule has 0 aliphatic heterocycles. The Bertz CT molecular complexity index is 470. The van der Waals surface area contributed by atoms with Gasteiger partial charge in [0.15, 0.2) is 0 Å². The van der Waals surface area contributed by atoms with Gasteiger partial charge in [0.25, 0.3) is 0 Å². The molecule has 2 rings (SSSR count). The first-order chi connectivity index (χ1) is 8.59. The monoisotopic (exact) mass is 242 g/mol. The van der Waals surface area contributed by atoms with Gasteiger partial charge < -0.3 is 4.57 Å². The van der Waals surface area contributed by atoms with Crippen molar-refractivity contribution in [1.29, 1.82) is 0 Å². The summed E-state index contributed by atoms with van der Waals surface area (Å²) in [5.74, 6) is 1.12. The van der Waals surface area contributed by atoms with Crippen LogP contribution in [0.2, 0.25) is 0 Å². The van der Waals surface area contributed by atoms with Gasteiger partial charge in [0.1, 0.15) is 0 Å². The van der Waals surface area contributed by atoms with Crippen LogP contribution in [-0.2, 0) is 6.54 Å². The molecule has 0 atom stereocenters. The topological polar surface area (TPSA) is 17.8 Å². The van der Waals surface area contributed by atoms with E-state index in [4.69, 9.17) is 0 Å². The highest BCUT2D eigenvalue weighted by molar-refractivity contribution is 5.39. The summed E-state index contributed by atoms with van der Waals surface area (Å²) in [6, 6.07) is 6.69. The third-order valence-corrected chi connectivity index (χ3v) is 3.39. The van der Waals surface area contributed by atoms with Crippen molar-refractivity contribution in [3.8, 4) is 0 Å². The van der Waals surface area contributed by atoms with E-state index in [1.165, 1.54) is 16.7 Å². The van der Waals surface area contributed by atoms with Crippen LogP contribution in [-0.4, -0.2) is 9.55 Å². The van der Waals surface area contributed by atoms with Crippen LogP contribution in [0.3, 0.4) is 0 Å². The SMILES string of the molecule is CC(C)c1cccc(C(C)C)c1Cn1ccnc1. The van der Waals surface area contributed by atoms with Gasteiger partial charge in [0, 0.05) is 18.9 Å². The summed E-state index contributed by atoms with van der Waals surface area (Å²) in [4.78, 5) is 4.13. The van der Waals surface area contributed by atoms with Crippen molar-refractivity contribution in [2.75, 3.05) is 0 Å². The molecule has 1 heterocycles. The molecular formula is C16H22N2. The Kier molecular flexibility index (Phi) is 3.85.